The fraction of sp³-hybridized carbons (Fsp3) is 0.462. The van der Waals surface area contributed by atoms with Gasteiger partial charge in [0.05, 0.1) is 10.7 Å². The van der Waals surface area contributed by atoms with Crippen molar-refractivity contribution in [1.29, 1.82) is 5.41 Å². The molecule has 0 fully saturated rings. The first-order chi connectivity index (χ1) is 8.86. The highest BCUT2D eigenvalue weighted by molar-refractivity contribution is 7.89. The van der Waals surface area contributed by atoms with Gasteiger partial charge < -0.3 is 5.73 Å². The standard InChI is InChI=1S/C13H21N3O2S/c1-3-4-11-5-7-12(8-6-11)19(17,18)16-9-10(2)13(14)15/h5-8,10,16H,3-4,9H2,1-2H3,(H3,14,15). The number of nitrogens with one attached hydrogen (secondary N) is 2. The minimum atomic E-state index is -3.52. The molecular formula is C13H21N3O2S. The molecule has 0 aromatic heterocycles. The van der Waals surface area contributed by atoms with Gasteiger partial charge in [-0.25, -0.2) is 13.1 Å². The van der Waals surface area contributed by atoms with Crippen molar-refractivity contribution in [1.82, 2.24) is 4.72 Å². The van der Waals surface area contributed by atoms with Crippen LogP contribution in [0.2, 0.25) is 0 Å². The molecule has 0 heterocycles. The van der Waals surface area contributed by atoms with Crippen LogP contribution in [-0.2, 0) is 16.4 Å². The lowest BCUT2D eigenvalue weighted by molar-refractivity contribution is 0.574. The molecule has 0 aliphatic carbocycles. The lowest BCUT2D eigenvalue weighted by Gasteiger charge is -2.11. The van der Waals surface area contributed by atoms with Crippen molar-refractivity contribution in [2.75, 3.05) is 6.54 Å². The van der Waals surface area contributed by atoms with Gasteiger partial charge in [0.25, 0.3) is 0 Å². The number of hydrogen-bond donors (Lipinski definition) is 3. The van der Waals surface area contributed by atoms with E-state index in [2.05, 4.69) is 11.6 Å². The van der Waals surface area contributed by atoms with E-state index >= 15 is 0 Å². The maximum atomic E-state index is 12.0. The molecule has 1 rings (SSSR count). The Balaban J connectivity index is 2.74. The van der Waals surface area contributed by atoms with Gasteiger partial charge in [-0.1, -0.05) is 32.4 Å². The van der Waals surface area contributed by atoms with Crippen molar-refractivity contribution in [2.45, 2.75) is 31.6 Å². The lowest BCUT2D eigenvalue weighted by atomic mass is 10.1. The molecule has 0 saturated heterocycles. The third kappa shape index (κ3) is 4.65. The summed E-state index contributed by atoms with van der Waals surface area (Å²) < 4.78 is 26.5. The summed E-state index contributed by atoms with van der Waals surface area (Å²) in [5, 5.41) is 7.23. The number of aryl methyl sites for hydroxylation is 1. The monoisotopic (exact) mass is 283 g/mol. The smallest absolute Gasteiger partial charge is 0.240 e. The molecule has 4 N–H and O–H groups in total. The van der Waals surface area contributed by atoms with Crippen LogP contribution in [-0.4, -0.2) is 20.8 Å². The van der Waals surface area contributed by atoms with Crippen LogP contribution in [0.1, 0.15) is 25.8 Å². The molecule has 0 radical (unpaired) electrons. The molecule has 1 aromatic carbocycles. The molecule has 0 saturated carbocycles. The average Bonchev–Trinajstić information content (AvgIpc) is 2.37. The number of benzene rings is 1. The molecule has 106 valence electrons. The number of rotatable bonds is 7. The highest BCUT2D eigenvalue weighted by Crippen LogP contribution is 2.12. The quantitative estimate of drug-likeness (QED) is 0.522. The average molecular weight is 283 g/mol. The largest absolute Gasteiger partial charge is 0.387 e. The van der Waals surface area contributed by atoms with Crippen LogP contribution in [0.3, 0.4) is 0 Å². The summed E-state index contributed by atoms with van der Waals surface area (Å²) in [6.45, 7) is 3.92. The molecule has 1 unspecified atom stereocenters. The molecular weight excluding hydrogens is 262 g/mol. The van der Waals surface area contributed by atoms with Crippen LogP contribution in [0.5, 0.6) is 0 Å². The zero-order valence-corrected chi connectivity index (χ0v) is 12.1. The third-order valence-electron chi connectivity index (χ3n) is 2.88. The number of nitrogens with two attached hydrogens (primary N) is 1. The van der Waals surface area contributed by atoms with Gasteiger partial charge in [-0.05, 0) is 24.1 Å². The first-order valence-electron chi connectivity index (χ1n) is 6.29. The highest BCUT2D eigenvalue weighted by atomic mass is 32.2. The second kappa shape index (κ2) is 6.68. The molecule has 0 aliphatic rings. The van der Waals surface area contributed by atoms with Gasteiger partial charge in [0.2, 0.25) is 10.0 Å². The van der Waals surface area contributed by atoms with E-state index in [1.54, 1.807) is 19.1 Å². The molecule has 1 atom stereocenters. The van der Waals surface area contributed by atoms with E-state index in [1.807, 2.05) is 12.1 Å². The SMILES string of the molecule is CCCc1ccc(S(=O)(=O)NCC(C)C(=N)N)cc1. The first-order valence-corrected chi connectivity index (χ1v) is 7.77. The van der Waals surface area contributed by atoms with Gasteiger partial charge >= 0.3 is 0 Å². The molecule has 1 aromatic rings. The molecule has 0 spiro atoms. The lowest BCUT2D eigenvalue weighted by Crippen LogP contribution is -2.34. The maximum absolute atomic E-state index is 12.0. The molecule has 5 nitrogen and oxygen atoms in total. The van der Waals surface area contributed by atoms with Crippen molar-refractivity contribution in [3.63, 3.8) is 0 Å². The normalized spacial score (nSPS) is 13.2. The van der Waals surface area contributed by atoms with Crippen LogP contribution in [0.15, 0.2) is 29.2 Å². The predicted molar refractivity (Wildman–Crippen MR) is 76.7 cm³/mol. The second-order valence-electron chi connectivity index (χ2n) is 4.60. The van der Waals surface area contributed by atoms with Gasteiger partial charge in [0.1, 0.15) is 0 Å². The van der Waals surface area contributed by atoms with Crippen molar-refractivity contribution in [2.24, 2.45) is 11.7 Å². The summed E-state index contributed by atoms with van der Waals surface area (Å²) in [5.41, 5.74) is 6.43. The summed E-state index contributed by atoms with van der Waals surface area (Å²) in [5.74, 6) is -0.338. The van der Waals surface area contributed by atoms with Crippen LogP contribution in [0, 0.1) is 11.3 Å². The Morgan fingerprint density at radius 1 is 1.37 bits per heavy atom. The van der Waals surface area contributed by atoms with Crippen LogP contribution >= 0.6 is 0 Å². The number of sulfonamides is 1. The Kier molecular flexibility index (Phi) is 5.50. The van der Waals surface area contributed by atoms with Crippen molar-refractivity contribution >= 4 is 15.9 Å². The van der Waals surface area contributed by atoms with Crippen molar-refractivity contribution < 1.29 is 8.42 Å². The first kappa shape index (κ1) is 15.7. The van der Waals surface area contributed by atoms with Gasteiger partial charge in [0, 0.05) is 12.5 Å². The minimum Gasteiger partial charge on any atom is -0.387 e. The van der Waals surface area contributed by atoms with E-state index in [1.165, 1.54) is 0 Å². The number of amidine groups is 1. The van der Waals surface area contributed by atoms with Gasteiger partial charge in [-0.15, -0.1) is 0 Å². The minimum absolute atomic E-state index is 0.0269. The Morgan fingerprint density at radius 2 is 1.95 bits per heavy atom. The summed E-state index contributed by atoms with van der Waals surface area (Å²) >= 11 is 0. The number of hydrogen-bond acceptors (Lipinski definition) is 3. The molecule has 0 amide bonds. The van der Waals surface area contributed by atoms with E-state index in [0.717, 1.165) is 18.4 Å². The Morgan fingerprint density at radius 3 is 2.42 bits per heavy atom. The van der Waals surface area contributed by atoms with Gasteiger partial charge in [-0.2, -0.15) is 0 Å². The zero-order valence-electron chi connectivity index (χ0n) is 11.3. The van der Waals surface area contributed by atoms with E-state index < -0.39 is 10.0 Å². The molecule has 0 aliphatic heterocycles. The summed E-state index contributed by atoms with van der Waals surface area (Å²) in [6, 6.07) is 6.86. The molecule has 0 bridgehead atoms. The fourth-order valence-corrected chi connectivity index (χ4v) is 2.68. The van der Waals surface area contributed by atoms with Crippen molar-refractivity contribution in [3.05, 3.63) is 29.8 Å². The maximum Gasteiger partial charge on any atom is 0.240 e. The predicted octanol–water partition coefficient (Wildman–Crippen LogP) is 1.49. The Bertz CT molecular complexity index is 523. The topological polar surface area (TPSA) is 96.0 Å². The zero-order chi connectivity index (χ0) is 14.5. The van der Waals surface area contributed by atoms with E-state index in [0.29, 0.717) is 0 Å². The highest BCUT2D eigenvalue weighted by Gasteiger charge is 2.15. The third-order valence-corrected chi connectivity index (χ3v) is 4.32. The molecule has 6 heteroatoms. The molecule has 19 heavy (non-hydrogen) atoms. The van der Waals surface area contributed by atoms with Crippen molar-refractivity contribution in [3.8, 4) is 0 Å². The van der Waals surface area contributed by atoms with E-state index in [9.17, 15) is 8.42 Å². The summed E-state index contributed by atoms with van der Waals surface area (Å²) in [4.78, 5) is 0.239. The van der Waals surface area contributed by atoms with Gasteiger partial charge in [-0.3, -0.25) is 5.41 Å². The second-order valence-corrected chi connectivity index (χ2v) is 6.37. The van der Waals surface area contributed by atoms with Crippen LogP contribution < -0.4 is 10.5 Å². The van der Waals surface area contributed by atoms with E-state index in [4.69, 9.17) is 11.1 Å². The Labute approximate surface area is 114 Å². The summed E-state index contributed by atoms with van der Waals surface area (Å²) in [6.07, 6.45) is 1.97. The van der Waals surface area contributed by atoms with Crippen LogP contribution in [0.4, 0.5) is 0 Å². The Hall–Kier alpha value is -1.40. The van der Waals surface area contributed by atoms with Gasteiger partial charge in [0.15, 0.2) is 0 Å². The van der Waals surface area contributed by atoms with E-state index in [-0.39, 0.29) is 23.2 Å². The van der Waals surface area contributed by atoms with Crippen LogP contribution in [0.25, 0.3) is 0 Å². The summed E-state index contributed by atoms with van der Waals surface area (Å²) in [7, 11) is -3.52. The fourth-order valence-electron chi connectivity index (χ4n) is 1.55.